The van der Waals surface area contributed by atoms with Crippen LogP contribution in [0.3, 0.4) is 0 Å². The Bertz CT molecular complexity index is 1280. The smallest absolute Gasteiger partial charge is 0.276 e. The van der Waals surface area contributed by atoms with Crippen LogP contribution in [0.1, 0.15) is 66.1 Å². The summed E-state index contributed by atoms with van der Waals surface area (Å²) in [6.07, 6.45) is 2.25. The molecule has 5 rings (SSSR count). The van der Waals surface area contributed by atoms with Gasteiger partial charge < -0.3 is 10.6 Å². The lowest BCUT2D eigenvalue weighted by Gasteiger charge is -2.29. The fourth-order valence-electron chi connectivity index (χ4n) is 4.18. The first-order valence-electron chi connectivity index (χ1n) is 11.4. The molecule has 8 nitrogen and oxygen atoms in total. The lowest BCUT2D eigenvalue weighted by Crippen LogP contribution is -2.42. The molecule has 1 saturated carbocycles. The Labute approximate surface area is 197 Å². The van der Waals surface area contributed by atoms with Gasteiger partial charge in [0.1, 0.15) is 6.54 Å². The highest BCUT2D eigenvalue weighted by Gasteiger charge is 2.32. The third-order valence-electron chi connectivity index (χ3n) is 6.01. The number of fused-ring (bicyclic) bond motifs is 1. The van der Waals surface area contributed by atoms with Crippen molar-refractivity contribution in [3.8, 4) is 0 Å². The summed E-state index contributed by atoms with van der Waals surface area (Å²) >= 11 is 0. The number of amides is 3. The van der Waals surface area contributed by atoms with E-state index in [0.29, 0.717) is 34.2 Å². The maximum absolute atomic E-state index is 13.1. The Balaban J connectivity index is 1.32. The van der Waals surface area contributed by atoms with E-state index in [1.165, 1.54) is 4.90 Å². The molecule has 8 heteroatoms. The predicted octanol–water partition coefficient (Wildman–Crippen LogP) is 4.37. The number of anilines is 3. The van der Waals surface area contributed by atoms with Crippen molar-refractivity contribution in [2.24, 2.45) is 0 Å². The van der Waals surface area contributed by atoms with E-state index >= 15 is 0 Å². The van der Waals surface area contributed by atoms with E-state index < -0.39 is 0 Å². The number of carbonyl (C=O) groups excluding carboxylic acids is 3. The number of carbonyl (C=O) groups is 3. The largest absolute Gasteiger partial charge is 0.323 e. The molecular formula is C26H27N5O3. The molecule has 1 aromatic heterocycles. The van der Waals surface area contributed by atoms with E-state index in [2.05, 4.69) is 36.5 Å². The van der Waals surface area contributed by atoms with Gasteiger partial charge in [-0.25, -0.2) is 0 Å². The lowest BCUT2D eigenvalue weighted by atomic mass is 10.1. The molecule has 174 valence electrons. The number of hydrogen-bond acceptors (Lipinski definition) is 4. The molecule has 2 aromatic carbocycles. The third-order valence-corrected chi connectivity index (χ3v) is 6.01. The molecule has 1 aliphatic carbocycles. The molecule has 3 amide bonds. The molecule has 34 heavy (non-hydrogen) atoms. The van der Waals surface area contributed by atoms with E-state index in [-0.39, 0.29) is 29.8 Å². The van der Waals surface area contributed by atoms with Crippen molar-refractivity contribution in [2.75, 3.05) is 22.1 Å². The van der Waals surface area contributed by atoms with Crippen LogP contribution in [0.4, 0.5) is 17.1 Å². The molecule has 0 spiro atoms. The van der Waals surface area contributed by atoms with Gasteiger partial charge in [-0.05, 0) is 76.1 Å². The Kier molecular flexibility index (Phi) is 5.23. The quantitative estimate of drug-likeness (QED) is 0.608. The summed E-state index contributed by atoms with van der Waals surface area (Å²) < 4.78 is 1.95. The van der Waals surface area contributed by atoms with Crippen molar-refractivity contribution in [1.82, 2.24) is 9.78 Å². The van der Waals surface area contributed by atoms with Crippen molar-refractivity contribution in [3.63, 3.8) is 0 Å². The highest BCUT2D eigenvalue weighted by molar-refractivity contribution is 6.15. The molecule has 1 fully saturated rings. The molecular weight excluding hydrogens is 430 g/mol. The lowest BCUT2D eigenvalue weighted by molar-refractivity contribution is -0.115. The summed E-state index contributed by atoms with van der Waals surface area (Å²) in [5.74, 6) is -0.333. The second-order valence-corrected chi connectivity index (χ2v) is 9.80. The first-order valence-corrected chi connectivity index (χ1v) is 11.4. The highest BCUT2D eigenvalue weighted by atomic mass is 16.2. The van der Waals surface area contributed by atoms with Crippen molar-refractivity contribution in [1.29, 1.82) is 0 Å². The predicted molar refractivity (Wildman–Crippen MR) is 130 cm³/mol. The number of rotatable bonds is 4. The van der Waals surface area contributed by atoms with Crippen LogP contribution in [0.2, 0.25) is 0 Å². The molecule has 0 radical (unpaired) electrons. The number of benzene rings is 2. The molecule has 0 bridgehead atoms. The fourth-order valence-corrected chi connectivity index (χ4v) is 4.18. The minimum absolute atomic E-state index is 0.0475. The normalized spacial score (nSPS) is 15.5. The van der Waals surface area contributed by atoms with Crippen LogP contribution in [-0.4, -0.2) is 34.0 Å². The molecule has 2 heterocycles. The minimum Gasteiger partial charge on any atom is -0.323 e. The van der Waals surface area contributed by atoms with E-state index in [1.54, 1.807) is 36.4 Å². The molecule has 0 unspecified atom stereocenters. The van der Waals surface area contributed by atoms with E-state index in [1.807, 2.05) is 22.9 Å². The number of nitrogens with zero attached hydrogens (tertiary/aromatic N) is 3. The number of para-hydroxylation sites is 2. The van der Waals surface area contributed by atoms with Gasteiger partial charge in [0.2, 0.25) is 5.91 Å². The van der Waals surface area contributed by atoms with Crippen molar-refractivity contribution in [3.05, 3.63) is 71.5 Å². The molecule has 2 aliphatic rings. The van der Waals surface area contributed by atoms with Crippen LogP contribution in [0.15, 0.2) is 54.6 Å². The third kappa shape index (κ3) is 4.19. The zero-order valence-electron chi connectivity index (χ0n) is 19.5. The maximum Gasteiger partial charge on any atom is 0.276 e. The standard InChI is InChI=1S/C26H27N5O3/c1-26(2,3)31-22(16-8-9-16)14-20(29-31)24(33)27-18-12-10-17(11-13-18)25(34)30-15-23(32)28-19-6-4-5-7-21(19)30/h4-7,10-14,16H,8-9,15H2,1-3H3,(H,27,33)(H,28,32). The monoisotopic (exact) mass is 457 g/mol. The Morgan fingerprint density at radius 2 is 1.76 bits per heavy atom. The van der Waals surface area contributed by atoms with Gasteiger partial charge in [0.15, 0.2) is 5.69 Å². The Morgan fingerprint density at radius 1 is 1.06 bits per heavy atom. The number of hydrogen-bond donors (Lipinski definition) is 2. The second kappa shape index (κ2) is 8.13. The van der Waals surface area contributed by atoms with Gasteiger partial charge in [-0.3, -0.25) is 24.0 Å². The van der Waals surface area contributed by atoms with Crippen molar-refractivity contribution < 1.29 is 14.4 Å². The molecule has 2 N–H and O–H groups in total. The van der Waals surface area contributed by atoms with Crippen LogP contribution >= 0.6 is 0 Å². The van der Waals surface area contributed by atoms with Gasteiger partial charge in [-0.1, -0.05) is 12.1 Å². The highest BCUT2D eigenvalue weighted by Crippen LogP contribution is 2.41. The van der Waals surface area contributed by atoms with Gasteiger partial charge in [0.25, 0.3) is 11.8 Å². The first kappa shape index (κ1) is 21.9. The van der Waals surface area contributed by atoms with E-state index in [9.17, 15) is 14.4 Å². The van der Waals surface area contributed by atoms with Crippen molar-refractivity contribution >= 4 is 34.8 Å². The zero-order valence-corrected chi connectivity index (χ0v) is 19.5. The molecule has 3 aromatic rings. The summed E-state index contributed by atoms with van der Waals surface area (Å²) in [6.45, 7) is 6.18. The summed E-state index contributed by atoms with van der Waals surface area (Å²) in [7, 11) is 0. The van der Waals surface area contributed by atoms with Gasteiger partial charge in [0, 0.05) is 22.9 Å². The Morgan fingerprint density at radius 3 is 2.44 bits per heavy atom. The van der Waals surface area contributed by atoms with Crippen molar-refractivity contribution in [2.45, 2.75) is 45.1 Å². The summed E-state index contributed by atoms with van der Waals surface area (Å²) in [4.78, 5) is 39.5. The average Bonchev–Trinajstić information content (AvgIpc) is 3.54. The van der Waals surface area contributed by atoms with Crippen LogP contribution in [0.5, 0.6) is 0 Å². The summed E-state index contributed by atoms with van der Waals surface area (Å²) in [6, 6.07) is 15.7. The van der Waals surface area contributed by atoms with Gasteiger partial charge in [-0.15, -0.1) is 0 Å². The number of aromatic nitrogens is 2. The second-order valence-electron chi connectivity index (χ2n) is 9.80. The molecule has 0 atom stereocenters. The van der Waals surface area contributed by atoms with Crippen LogP contribution in [0.25, 0.3) is 0 Å². The average molecular weight is 458 g/mol. The SMILES string of the molecule is CC(C)(C)n1nc(C(=O)Nc2ccc(C(=O)N3CC(=O)Nc4ccccc43)cc2)cc1C1CC1. The van der Waals surface area contributed by atoms with E-state index in [4.69, 9.17) is 0 Å². The van der Waals surface area contributed by atoms with Gasteiger partial charge in [0.05, 0.1) is 16.9 Å². The first-order chi connectivity index (χ1) is 16.2. The number of nitrogens with one attached hydrogen (secondary N) is 2. The van der Waals surface area contributed by atoms with Crippen LogP contribution in [-0.2, 0) is 10.3 Å². The minimum atomic E-state index is -0.286. The van der Waals surface area contributed by atoms with Gasteiger partial charge >= 0.3 is 0 Å². The molecule has 0 saturated heterocycles. The summed E-state index contributed by atoms with van der Waals surface area (Å²) in [5.41, 5.74) is 3.54. The van der Waals surface area contributed by atoms with Gasteiger partial charge in [-0.2, -0.15) is 5.10 Å². The van der Waals surface area contributed by atoms with Crippen LogP contribution < -0.4 is 15.5 Å². The summed E-state index contributed by atoms with van der Waals surface area (Å²) in [5, 5.41) is 10.2. The topological polar surface area (TPSA) is 96.3 Å². The molecule has 1 aliphatic heterocycles. The van der Waals surface area contributed by atoms with E-state index in [0.717, 1.165) is 18.5 Å². The maximum atomic E-state index is 13.1. The fraction of sp³-hybridized carbons (Fsp3) is 0.308. The Hall–Kier alpha value is -3.94. The van der Waals surface area contributed by atoms with Crippen LogP contribution in [0, 0.1) is 0 Å². The zero-order chi connectivity index (χ0) is 24.0.